The maximum Gasteiger partial charge on any atom is 0.134 e. The topological polar surface area (TPSA) is 36.1 Å². The minimum atomic E-state index is 0.561. The summed E-state index contributed by atoms with van der Waals surface area (Å²) < 4.78 is 0. The number of thiophene rings is 1. The van der Waals surface area contributed by atoms with Crippen LogP contribution in [0.3, 0.4) is 0 Å². The first-order chi connectivity index (χ1) is 10.2. The number of hydrogen-bond acceptors (Lipinski definition) is 3. The second-order valence-corrected chi connectivity index (χ2v) is 6.79. The molecule has 0 saturated heterocycles. The molecule has 0 atom stereocenters. The van der Waals surface area contributed by atoms with Gasteiger partial charge in [0.05, 0.1) is 15.6 Å². The largest absolute Gasteiger partial charge is 0.244 e. The fraction of sp³-hybridized carbons (Fsp3) is 0.250. The molecular formula is C16H12Cl2N2S. The highest BCUT2D eigenvalue weighted by atomic mass is 35.5. The van der Waals surface area contributed by atoms with E-state index < -0.39 is 0 Å². The zero-order valence-electron chi connectivity index (χ0n) is 11.2. The quantitative estimate of drug-likeness (QED) is 0.662. The third-order valence-corrected chi connectivity index (χ3v) is 5.43. The highest BCUT2D eigenvalue weighted by molar-refractivity contribution is 7.16. The SMILES string of the molecule is N#Cc1c(N=Cc2c(Cl)cccc2Cl)sc2c1CCCC2. The molecule has 5 heteroatoms. The van der Waals surface area contributed by atoms with Gasteiger partial charge in [0.2, 0.25) is 0 Å². The summed E-state index contributed by atoms with van der Waals surface area (Å²) in [5, 5.41) is 11.3. The van der Waals surface area contributed by atoms with Crippen molar-refractivity contribution in [2.24, 2.45) is 4.99 Å². The Bertz CT molecular complexity index is 736. The normalized spacial score (nSPS) is 14.1. The van der Waals surface area contributed by atoms with Crippen molar-refractivity contribution in [1.29, 1.82) is 5.26 Å². The molecule has 1 heterocycles. The van der Waals surface area contributed by atoms with Crippen LogP contribution in [-0.2, 0) is 12.8 Å². The Hall–Kier alpha value is -1.34. The molecule has 0 N–H and O–H groups in total. The van der Waals surface area contributed by atoms with Gasteiger partial charge in [-0.3, -0.25) is 0 Å². The van der Waals surface area contributed by atoms with Crippen molar-refractivity contribution in [3.63, 3.8) is 0 Å². The molecule has 1 aliphatic carbocycles. The van der Waals surface area contributed by atoms with Gasteiger partial charge in [-0.25, -0.2) is 4.99 Å². The van der Waals surface area contributed by atoms with E-state index >= 15 is 0 Å². The number of aryl methyl sites for hydroxylation is 1. The van der Waals surface area contributed by atoms with Gasteiger partial charge < -0.3 is 0 Å². The molecule has 1 aromatic heterocycles. The van der Waals surface area contributed by atoms with Gasteiger partial charge in [0, 0.05) is 16.7 Å². The number of benzene rings is 1. The van der Waals surface area contributed by atoms with Gasteiger partial charge in [-0.2, -0.15) is 5.26 Å². The molecule has 3 rings (SSSR count). The molecule has 2 aromatic rings. The van der Waals surface area contributed by atoms with Crippen LogP contribution in [0.4, 0.5) is 5.00 Å². The van der Waals surface area contributed by atoms with E-state index in [0.717, 1.165) is 24.3 Å². The van der Waals surface area contributed by atoms with Gasteiger partial charge in [0.25, 0.3) is 0 Å². The number of halogens is 2. The molecule has 0 unspecified atom stereocenters. The molecule has 1 aliphatic rings. The number of nitriles is 1. The van der Waals surface area contributed by atoms with Crippen LogP contribution in [0.1, 0.15) is 34.4 Å². The van der Waals surface area contributed by atoms with E-state index in [9.17, 15) is 5.26 Å². The standard InChI is InChI=1S/C16H12Cl2N2S/c17-13-5-3-6-14(18)12(13)9-20-16-11(8-19)10-4-1-2-7-15(10)21-16/h3,5-6,9H,1-2,4,7H2. The molecule has 0 bridgehead atoms. The zero-order valence-corrected chi connectivity index (χ0v) is 13.5. The molecule has 106 valence electrons. The summed E-state index contributed by atoms with van der Waals surface area (Å²) in [6, 6.07) is 7.65. The first-order valence-electron chi connectivity index (χ1n) is 6.73. The molecule has 0 radical (unpaired) electrons. The predicted molar refractivity (Wildman–Crippen MR) is 89.4 cm³/mol. The van der Waals surface area contributed by atoms with E-state index in [-0.39, 0.29) is 0 Å². The van der Waals surface area contributed by atoms with Crippen molar-refractivity contribution in [3.8, 4) is 6.07 Å². The Morgan fingerprint density at radius 3 is 2.62 bits per heavy atom. The van der Waals surface area contributed by atoms with E-state index in [1.54, 1.807) is 35.8 Å². The van der Waals surface area contributed by atoms with Gasteiger partial charge in [-0.1, -0.05) is 29.3 Å². The van der Waals surface area contributed by atoms with Crippen molar-refractivity contribution in [1.82, 2.24) is 0 Å². The fourth-order valence-electron chi connectivity index (χ4n) is 2.51. The Labute approximate surface area is 137 Å². The number of hydrogen-bond donors (Lipinski definition) is 0. The average molecular weight is 335 g/mol. The smallest absolute Gasteiger partial charge is 0.134 e. The van der Waals surface area contributed by atoms with E-state index in [4.69, 9.17) is 23.2 Å². The first kappa shape index (κ1) is 14.6. The third-order valence-electron chi connectivity index (χ3n) is 3.58. The summed E-state index contributed by atoms with van der Waals surface area (Å²) in [5.41, 5.74) is 2.59. The van der Waals surface area contributed by atoms with E-state index in [1.165, 1.54) is 16.9 Å². The monoisotopic (exact) mass is 334 g/mol. The third kappa shape index (κ3) is 2.85. The Morgan fingerprint density at radius 2 is 1.90 bits per heavy atom. The summed E-state index contributed by atoms with van der Waals surface area (Å²) >= 11 is 13.9. The highest BCUT2D eigenvalue weighted by Crippen LogP contribution is 2.39. The van der Waals surface area contributed by atoms with Crippen LogP contribution >= 0.6 is 34.5 Å². The van der Waals surface area contributed by atoms with Crippen LogP contribution in [0.25, 0.3) is 0 Å². The lowest BCUT2D eigenvalue weighted by Gasteiger charge is -2.09. The maximum absolute atomic E-state index is 9.40. The van der Waals surface area contributed by atoms with Crippen LogP contribution in [-0.4, -0.2) is 6.21 Å². The van der Waals surface area contributed by atoms with Crippen molar-refractivity contribution >= 4 is 45.8 Å². The lowest BCUT2D eigenvalue weighted by atomic mass is 9.96. The van der Waals surface area contributed by atoms with E-state index in [1.807, 2.05) is 0 Å². The zero-order chi connectivity index (χ0) is 14.8. The van der Waals surface area contributed by atoms with Gasteiger partial charge in [0.15, 0.2) is 0 Å². The van der Waals surface area contributed by atoms with E-state index in [0.29, 0.717) is 21.2 Å². The summed E-state index contributed by atoms with van der Waals surface area (Å²) in [6.07, 6.45) is 6.03. The summed E-state index contributed by atoms with van der Waals surface area (Å²) in [7, 11) is 0. The highest BCUT2D eigenvalue weighted by Gasteiger charge is 2.20. The molecule has 1 aromatic carbocycles. The Balaban J connectivity index is 2.01. The molecule has 0 saturated carbocycles. The van der Waals surface area contributed by atoms with E-state index in [2.05, 4.69) is 11.1 Å². The number of rotatable bonds is 2. The molecule has 0 fully saturated rings. The second-order valence-electron chi connectivity index (χ2n) is 4.90. The molecule has 0 spiro atoms. The lowest BCUT2D eigenvalue weighted by Crippen LogP contribution is -1.99. The van der Waals surface area contributed by atoms with Crippen LogP contribution in [0.2, 0.25) is 10.0 Å². The van der Waals surface area contributed by atoms with Crippen LogP contribution in [0.5, 0.6) is 0 Å². The molecular weight excluding hydrogens is 323 g/mol. The van der Waals surface area contributed by atoms with Crippen molar-refractivity contribution in [2.75, 3.05) is 0 Å². The van der Waals surface area contributed by atoms with Crippen LogP contribution in [0.15, 0.2) is 23.2 Å². The maximum atomic E-state index is 9.40. The van der Waals surface area contributed by atoms with Crippen molar-refractivity contribution < 1.29 is 0 Å². The van der Waals surface area contributed by atoms with Gasteiger partial charge in [-0.15, -0.1) is 11.3 Å². The number of fused-ring (bicyclic) bond motifs is 1. The average Bonchev–Trinajstić information content (AvgIpc) is 2.84. The number of aliphatic imine (C=N–C) groups is 1. The molecule has 0 aliphatic heterocycles. The summed E-state index contributed by atoms with van der Waals surface area (Å²) in [6.45, 7) is 0. The van der Waals surface area contributed by atoms with Crippen LogP contribution in [0, 0.1) is 11.3 Å². The van der Waals surface area contributed by atoms with Crippen molar-refractivity contribution in [3.05, 3.63) is 49.8 Å². The fourth-order valence-corrected chi connectivity index (χ4v) is 4.19. The molecule has 21 heavy (non-hydrogen) atoms. The van der Waals surface area contributed by atoms with Gasteiger partial charge >= 0.3 is 0 Å². The molecule has 2 nitrogen and oxygen atoms in total. The first-order valence-corrected chi connectivity index (χ1v) is 8.30. The Kier molecular flexibility index (Phi) is 4.30. The second kappa shape index (κ2) is 6.19. The van der Waals surface area contributed by atoms with Crippen molar-refractivity contribution in [2.45, 2.75) is 25.7 Å². The van der Waals surface area contributed by atoms with Gasteiger partial charge in [-0.05, 0) is 43.4 Å². The minimum Gasteiger partial charge on any atom is -0.244 e. The molecule has 0 amide bonds. The Morgan fingerprint density at radius 1 is 1.19 bits per heavy atom. The summed E-state index contributed by atoms with van der Waals surface area (Å²) in [4.78, 5) is 5.78. The van der Waals surface area contributed by atoms with Crippen LogP contribution < -0.4 is 0 Å². The van der Waals surface area contributed by atoms with Gasteiger partial charge in [0.1, 0.15) is 11.1 Å². The number of nitrogens with zero attached hydrogens (tertiary/aromatic N) is 2. The minimum absolute atomic E-state index is 0.561. The lowest BCUT2D eigenvalue weighted by molar-refractivity contribution is 0.696. The summed E-state index contributed by atoms with van der Waals surface area (Å²) in [5.74, 6) is 0. The predicted octanol–water partition coefficient (Wildman–Crippen LogP) is 5.56.